The van der Waals surface area contributed by atoms with Crippen molar-refractivity contribution in [3.63, 3.8) is 0 Å². The van der Waals surface area contributed by atoms with Crippen molar-refractivity contribution < 1.29 is 5.11 Å². The maximum Gasteiger partial charge on any atom is 0.278 e. The summed E-state index contributed by atoms with van der Waals surface area (Å²) < 4.78 is 3.19. The summed E-state index contributed by atoms with van der Waals surface area (Å²) in [7, 11) is 0. The maximum atomic E-state index is 13.2. The first-order valence-corrected chi connectivity index (χ1v) is 14.2. The van der Waals surface area contributed by atoms with Crippen molar-refractivity contribution in [2.75, 3.05) is 18.4 Å². The predicted octanol–water partition coefficient (Wildman–Crippen LogP) is 4.87. The first-order valence-electron chi connectivity index (χ1n) is 14.2. The van der Waals surface area contributed by atoms with Crippen LogP contribution in [0.3, 0.4) is 0 Å². The molecule has 9 nitrogen and oxygen atoms in total. The van der Waals surface area contributed by atoms with E-state index in [9.17, 15) is 9.90 Å². The van der Waals surface area contributed by atoms with Crippen molar-refractivity contribution in [3.8, 4) is 5.82 Å². The fourth-order valence-electron chi connectivity index (χ4n) is 5.94. The van der Waals surface area contributed by atoms with Gasteiger partial charge >= 0.3 is 0 Å². The van der Waals surface area contributed by atoms with Crippen LogP contribution in [0.5, 0.6) is 0 Å². The molecule has 2 aliphatic rings. The molecule has 0 radical (unpaired) electrons. The van der Waals surface area contributed by atoms with Crippen LogP contribution in [-0.4, -0.2) is 53.5 Å². The van der Waals surface area contributed by atoms with Crippen LogP contribution in [0, 0.1) is 0 Å². The number of pyridine rings is 1. The Bertz CT molecular complexity index is 1570. The van der Waals surface area contributed by atoms with Crippen LogP contribution in [0.25, 0.3) is 16.9 Å². The lowest BCUT2D eigenvalue weighted by molar-refractivity contribution is 0.0738. The number of benzene rings is 1. The molecule has 1 saturated heterocycles. The highest BCUT2D eigenvalue weighted by atomic mass is 16.3. The maximum absolute atomic E-state index is 13.2. The molecule has 40 heavy (non-hydrogen) atoms. The molecule has 0 unspecified atom stereocenters. The number of anilines is 2. The Hall–Kier alpha value is -3.82. The Balaban J connectivity index is 1.26. The van der Waals surface area contributed by atoms with Crippen molar-refractivity contribution >= 4 is 22.7 Å². The lowest BCUT2D eigenvalue weighted by Gasteiger charge is -2.42. The van der Waals surface area contributed by atoms with Gasteiger partial charge in [0.15, 0.2) is 11.5 Å². The van der Waals surface area contributed by atoms with E-state index in [1.54, 1.807) is 42.9 Å². The van der Waals surface area contributed by atoms with E-state index in [2.05, 4.69) is 51.0 Å². The third-order valence-corrected chi connectivity index (χ3v) is 8.30. The van der Waals surface area contributed by atoms with E-state index < -0.39 is 5.60 Å². The molecule has 2 N–H and O–H groups in total. The van der Waals surface area contributed by atoms with Crippen LogP contribution >= 0.6 is 0 Å². The van der Waals surface area contributed by atoms with Gasteiger partial charge < -0.3 is 15.3 Å². The molecule has 9 heteroatoms. The van der Waals surface area contributed by atoms with Crippen molar-refractivity contribution in [1.29, 1.82) is 0 Å². The van der Waals surface area contributed by atoms with Gasteiger partial charge in [0.05, 0.1) is 12.2 Å². The second kappa shape index (κ2) is 10.6. The first kappa shape index (κ1) is 26.4. The molecule has 1 saturated carbocycles. The summed E-state index contributed by atoms with van der Waals surface area (Å²) in [6, 6.07) is 14.7. The molecule has 1 aliphatic carbocycles. The molecule has 1 aromatic carbocycles. The average Bonchev–Trinajstić information content (AvgIpc) is 3.19. The van der Waals surface area contributed by atoms with E-state index >= 15 is 0 Å². The topological polar surface area (TPSA) is 101 Å². The van der Waals surface area contributed by atoms with Crippen molar-refractivity contribution in [1.82, 2.24) is 29.2 Å². The average molecular weight is 540 g/mol. The quantitative estimate of drug-likeness (QED) is 0.308. The Labute approximate surface area is 234 Å². The monoisotopic (exact) mass is 539 g/mol. The van der Waals surface area contributed by atoms with E-state index in [-0.39, 0.29) is 12.1 Å². The molecule has 1 aliphatic heterocycles. The molecule has 0 atom stereocenters. The minimum atomic E-state index is -1.13. The van der Waals surface area contributed by atoms with Crippen LogP contribution < -0.4 is 10.9 Å². The van der Waals surface area contributed by atoms with Crippen LogP contribution in [0.2, 0.25) is 0 Å². The molecule has 0 spiro atoms. The number of aromatic nitrogens is 5. The number of allylic oxidation sites excluding steroid dienone is 1. The van der Waals surface area contributed by atoms with Gasteiger partial charge in [0.1, 0.15) is 11.0 Å². The molecular weight excluding hydrogens is 502 g/mol. The summed E-state index contributed by atoms with van der Waals surface area (Å²) >= 11 is 0. The Morgan fingerprint density at radius 3 is 2.48 bits per heavy atom. The number of rotatable bonds is 8. The summed E-state index contributed by atoms with van der Waals surface area (Å²) in [5.74, 6) is 1.48. The number of hydrogen-bond donors (Lipinski definition) is 2. The van der Waals surface area contributed by atoms with Gasteiger partial charge in [-0.25, -0.2) is 19.3 Å². The zero-order valence-corrected chi connectivity index (χ0v) is 23.3. The van der Waals surface area contributed by atoms with Gasteiger partial charge in [-0.3, -0.25) is 4.79 Å². The number of hydrogen-bond acceptors (Lipinski definition) is 7. The number of aliphatic hydroxyl groups is 1. The molecule has 0 amide bonds. The molecular formula is C31H37N7O2. The van der Waals surface area contributed by atoms with Crippen molar-refractivity contribution in [2.45, 2.75) is 70.1 Å². The highest BCUT2D eigenvalue weighted by Crippen LogP contribution is 2.36. The van der Waals surface area contributed by atoms with E-state index in [1.807, 2.05) is 6.07 Å². The summed E-state index contributed by atoms with van der Waals surface area (Å²) in [4.78, 5) is 29.7. The number of fused-ring (bicyclic) bond motifs is 1. The Morgan fingerprint density at radius 2 is 1.82 bits per heavy atom. The summed E-state index contributed by atoms with van der Waals surface area (Å²) in [5, 5.41) is 14.2. The molecule has 0 bridgehead atoms. The van der Waals surface area contributed by atoms with Gasteiger partial charge in [0.25, 0.3) is 5.56 Å². The van der Waals surface area contributed by atoms with Gasteiger partial charge in [-0.05, 0) is 94.8 Å². The number of likely N-dealkylation sites (tertiary alicyclic amines) is 1. The minimum Gasteiger partial charge on any atom is -0.384 e. The first-order chi connectivity index (χ1) is 19.3. The highest BCUT2D eigenvalue weighted by Gasteiger charge is 2.29. The van der Waals surface area contributed by atoms with Crippen molar-refractivity contribution in [3.05, 3.63) is 82.9 Å². The normalized spacial score (nSPS) is 19.9. The molecule has 3 aromatic heterocycles. The lowest BCUT2D eigenvalue weighted by Crippen LogP contribution is -2.46. The zero-order chi connectivity index (χ0) is 27.9. The van der Waals surface area contributed by atoms with Crippen LogP contribution in [-0.2, 0) is 12.1 Å². The van der Waals surface area contributed by atoms with Gasteiger partial charge in [-0.2, -0.15) is 4.98 Å². The van der Waals surface area contributed by atoms with E-state index in [1.165, 1.54) is 55.4 Å². The Morgan fingerprint density at radius 1 is 1.07 bits per heavy atom. The molecule has 208 valence electrons. The second-order valence-corrected chi connectivity index (χ2v) is 11.5. The van der Waals surface area contributed by atoms with Crippen LogP contribution in [0.1, 0.15) is 63.1 Å². The lowest BCUT2D eigenvalue weighted by atomic mass is 9.80. The van der Waals surface area contributed by atoms with Crippen LogP contribution in [0.15, 0.2) is 66.1 Å². The fraction of sp³-hybridized carbons (Fsp3) is 0.419. The van der Waals surface area contributed by atoms with E-state index in [4.69, 9.17) is 4.98 Å². The molecule has 4 aromatic rings. The van der Waals surface area contributed by atoms with Gasteiger partial charge in [-0.1, -0.05) is 24.3 Å². The second-order valence-electron chi connectivity index (χ2n) is 11.5. The fourth-order valence-corrected chi connectivity index (χ4v) is 5.94. The third-order valence-electron chi connectivity index (χ3n) is 8.30. The summed E-state index contributed by atoms with van der Waals surface area (Å²) in [5.41, 5.74) is 1.83. The number of nitrogens with one attached hydrogen (secondary N) is 1. The summed E-state index contributed by atoms with van der Waals surface area (Å²) in [6.07, 6.45) is 9.63. The predicted molar refractivity (Wildman–Crippen MR) is 157 cm³/mol. The smallest absolute Gasteiger partial charge is 0.278 e. The van der Waals surface area contributed by atoms with Crippen LogP contribution in [0.4, 0.5) is 11.6 Å². The van der Waals surface area contributed by atoms with Crippen molar-refractivity contribution in [2.24, 2.45) is 0 Å². The van der Waals surface area contributed by atoms with Gasteiger partial charge in [0.2, 0.25) is 5.95 Å². The van der Waals surface area contributed by atoms with E-state index in [0.717, 1.165) is 11.7 Å². The number of nitrogens with zero attached hydrogens (tertiary/aromatic N) is 6. The molecule has 6 rings (SSSR count). The molecule has 2 fully saturated rings. The minimum absolute atomic E-state index is 0.231. The summed E-state index contributed by atoms with van der Waals surface area (Å²) in [6.45, 7) is 10.00. The SMILES string of the molecule is C=CCn1c(=O)c2cnc(Nc3ccc([C@H]4CC[C@@H](N5CCC5)CC4)cc3)nc2n1-c1cccc(C(C)(C)O)n1. The third kappa shape index (κ3) is 5.07. The van der Waals surface area contributed by atoms with Gasteiger partial charge in [-0.15, -0.1) is 6.58 Å². The highest BCUT2D eigenvalue weighted by molar-refractivity contribution is 5.77. The van der Waals surface area contributed by atoms with Gasteiger partial charge in [0, 0.05) is 17.9 Å². The molecule has 4 heterocycles. The standard InChI is InChI=1S/C31H37N7O2/c1-4-17-37-29(39)25-20-32-30(35-28(25)38(37)27-8-5-7-26(34-27)31(2,3)40)33-23-13-9-21(10-14-23)22-11-15-24(16-12-22)36-18-6-19-36/h4-5,7-10,13-14,20,22,24,40H,1,6,11-12,15-19H2,2-3H3,(H,32,33,35)/t22-,24+. The largest absolute Gasteiger partial charge is 0.384 e. The zero-order valence-electron chi connectivity index (χ0n) is 23.3. The van der Waals surface area contributed by atoms with E-state index in [0.29, 0.717) is 34.4 Å². The Kier molecular flexibility index (Phi) is 7.02.